The highest BCUT2D eigenvalue weighted by atomic mass is 16.3. The van der Waals surface area contributed by atoms with Crippen molar-refractivity contribution in [3.05, 3.63) is 110 Å². The van der Waals surface area contributed by atoms with Gasteiger partial charge >= 0.3 is 5.84 Å². The molecule has 0 atom stereocenters. The lowest BCUT2D eigenvalue weighted by Crippen LogP contribution is -1.88. The van der Waals surface area contributed by atoms with Gasteiger partial charge in [0.15, 0.2) is 0 Å². The van der Waals surface area contributed by atoms with Crippen LogP contribution in [0.3, 0.4) is 0 Å². The smallest absolute Gasteiger partial charge is 0.306 e. The van der Waals surface area contributed by atoms with Crippen molar-refractivity contribution in [1.29, 1.82) is 0 Å². The molecule has 6 aromatic rings. The average molecular weight is 386 g/mol. The van der Waals surface area contributed by atoms with Crippen molar-refractivity contribution in [3.8, 4) is 33.6 Å². The van der Waals surface area contributed by atoms with E-state index in [9.17, 15) is 0 Å². The normalized spacial score (nSPS) is 11.3. The van der Waals surface area contributed by atoms with Crippen LogP contribution in [0.1, 0.15) is 0 Å². The molecule has 0 spiro atoms. The van der Waals surface area contributed by atoms with Crippen LogP contribution >= 0.6 is 0 Å². The van der Waals surface area contributed by atoms with Crippen LogP contribution in [0.2, 0.25) is 0 Å². The number of hydrogen-bond donors (Lipinski definition) is 0. The van der Waals surface area contributed by atoms with Crippen LogP contribution < -0.4 is 0 Å². The zero-order chi connectivity index (χ0) is 19.9. The van der Waals surface area contributed by atoms with Crippen molar-refractivity contribution >= 4 is 16.6 Å². The van der Waals surface area contributed by atoms with E-state index in [0.29, 0.717) is 5.84 Å². The van der Waals surface area contributed by atoms with Crippen LogP contribution in [-0.2, 0) is 0 Å². The molecule has 6 rings (SSSR count). The SMILES string of the molecule is c1ccc(-c2ccc(-c3c(-c4ccc5ccccc5c4)nc4occn34)cc2)cc1. The quantitative estimate of drug-likeness (QED) is 0.325. The van der Waals surface area contributed by atoms with Gasteiger partial charge in [-0.3, -0.25) is 4.40 Å². The zero-order valence-corrected chi connectivity index (χ0v) is 16.2. The van der Waals surface area contributed by atoms with Gasteiger partial charge in [0.25, 0.3) is 0 Å². The number of fused-ring (bicyclic) bond motifs is 2. The molecule has 4 aromatic carbocycles. The number of oxazole rings is 1. The fourth-order valence-electron chi connectivity index (χ4n) is 4.05. The highest BCUT2D eigenvalue weighted by Gasteiger charge is 2.18. The Morgan fingerprint density at radius 2 is 1.27 bits per heavy atom. The molecule has 0 aliphatic rings. The van der Waals surface area contributed by atoms with Gasteiger partial charge in [0, 0.05) is 17.3 Å². The molecular weight excluding hydrogens is 368 g/mol. The Bertz CT molecular complexity index is 1470. The van der Waals surface area contributed by atoms with E-state index < -0.39 is 0 Å². The van der Waals surface area contributed by atoms with Crippen LogP contribution in [0.5, 0.6) is 0 Å². The fraction of sp³-hybridized carbons (Fsp3) is 0. The summed E-state index contributed by atoms with van der Waals surface area (Å²) < 4.78 is 7.63. The predicted octanol–water partition coefficient (Wildman–Crippen LogP) is 7.08. The molecule has 0 fully saturated rings. The molecule has 0 saturated carbocycles. The van der Waals surface area contributed by atoms with Gasteiger partial charge in [-0.25, -0.2) is 0 Å². The number of imidazole rings is 1. The van der Waals surface area contributed by atoms with Gasteiger partial charge in [0.05, 0.1) is 5.69 Å². The second-order valence-corrected chi connectivity index (χ2v) is 7.37. The minimum absolute atomic E-state index is 0.597. The molecule has 30 heavy (non-hydrogen) atoms. The van der Waals surface area contributed by atoms with Gasteiger partial charge in [0.1, 0.15) is 12.0 Å². The van der Waals surface area contributed by atoms with Crippen molar-refractivity contribution in [2.75, 3.05) is 0 Å². The molecule has 3 nitrogen and oxygen atoms in total. The van der Waals surface area contributed by atoms with Crippen molar-refractivity contribution in [3.63, 3.8) is 0 Å². The predicted molar refractivity (Wildman–Crippen MR) is 121 cm³/mol. The van der Waals surface area contributed by atoms with Crippen LogP contribution in [0, 0.1) is 0 Å². The van der Waals surface area contributed by atoms with E-state index >= 15 is 0 Å². The van der Waals surface area contributed by atoms with Gasteiger partial charge in [0.2, 0.25) is 0 Å². The topological polar surface area (TPSA) is 30.4 Å². The summed E-state index contributed by atoms with van der Waals surface area (Å²) in [5, 5.41) is 2.42. The van der Waals surface area contributed by atoms with Gasteiger partial charge < -0.3 is 4.42 Å². The fourth-order valence-corrected chi connectivity index (χ4v) is 4.05. The van der Waals surface area contributed by atoms with Crippen molar-refractivity contribution < 1.29 is 4.42 Å². The molecule has 2 aromatic heterocycles. The van der Waals surface area contributed by atoms with Crippen LogP contribution in [-0.4, -0.2) is 9.38 Å². The average Bonchev–Trinajstić information content (AvgIpc) is 3.41. The largest absolute Gasteiger partial charge is 0.432 e. The molecule has 3 heteroatoms. The summed E-state index contributed by atoms with van der Waals surface area (Å²) in [5.74, 6) is 0.597. The van der Waals surface area contributed by atoms with Crippen LogP contribution in [0.4, 0.5) is 0 Å². The van der Waals surface area contributed by atoms with Crippen LogP contribution in [0.15, 0.2) is 114 Å². The van der Waals surface area contributed by atoms with Gasteiger partial charge in [-0.1, -0.05) is 91.0 Å². The van der Waals surface area contributed by atoms with E-state index in [1.165, 1.54) is 21.9 Å². The molecule has 0 amide bonds. The number of nitrogens with zero attached hydrogens (tertiary/aromatic N) is 2. The Morgan fingerprint density at radius 1 is 0.600 bits per heavy atom. The summed E-state index contributed by atoms with van der Waals surface area (Å²) in [6.45, 7) is 0. The Hall–Kier alpha value is -4.11. The van der Waals surface area contributed by atoms with E-state index in [4.69, 9.17) is 9.40 Å². The zero-order valence-electron chi connectivity index (χ0n) is 16.2. The molecule has 0 radical (unpaired) electrons. The maximum absolute atomic E-state index is 5.61. The lowest BCUT2D eigenvalue weighted by molar-refractivity contribution is 0.596. The summed E-state index contributed by atoms with van der Waals surface area (Å²) >= 11 is 0. The van der Waals surface area contributed by atoms with Crippen molar-refractivity contribution in [2.24, 2.45) is 0 Å². The molecule has 0 unspecified atom stereocenters. The lowest BCUT2D eigenvalue weighted by atomic mass is 9.99. The summed E-state index contributed by atoms with van der Waals surface area (Å²) in [4.78, 5) is 4.80. The second-order valence-electron chi connectivity index (χ2n) is 7.37. The molecule has 0 aliphatic heterocycles. The van der Waals surface area contributed by atoms with E-state index in [1.807, 2.05) is 16.7 Å². The van der Waals surface area contributed by atoms with Gasteiger partial charge in [-0.2, -0.15) is 4.98 Å². The molecule has 0 N–H and O–H groups in total. The molecule has 142 valence electrons. The lowest BCUT2D eigenvalue weighted by Gasteiger charge is -2.08. The highest BCUT2D eigenvalue weighted by molar-refractivity contribution is 5.90. The third-order valence-electron chi connectivity index (χ3n) is 5.55. The summed E-state index contributed by atoms with van der Waals surface area (Å²) in [5.41, 5.74) is 6.54. The van der Waals surface area contributed by atoms with E-state index in [1.54, 1.807) is 6.26 Å². The Labute approximate surface area is 173 Å². The van der Waals surface area contributed by atoms with Gasteiger partial charge in [-0.05, 0) is 28.0 Å². The first-order valence-electron chi connectivity index (χ1n) is 9.97. The molecule has 2 heterocycles. The Morgan fingerprint density at radius 3 is 2.10 bits per heavy atom. The van der Waals surface area contributed by atoms with E-state index in [2.05, 4.69) is 91.0 Å². The minimum Gasteiger partial charge on any atom is -0.432 e. The minimum atomic E-state index is 0.597. The Balaban J connectivity index is 1.51. The summed E-state index contributed by atoms with van der Waals surface area (Å²) in [6.07, 6.45) is 3.60. The maximum atomic E-state index is 5.61. The number of aromatic nitrogens is 2. The first-order valence-corrected chi connectivity index (χ1v) is 9.97. The second kappa shape index (κ2) is 6.75. The van der Waals surface area contributed by atoms with Crippen LogP contribution in [0.25, 0.3) is 50.3 Å². The van der Waals surface area contributed by atoms with E-state index in [0.717, 1.165) is 22.5 Å². The maximum Gasteiger partial charge on any atom is 0.306 e. The first-order chi connectivity index (χ1) is 14.9. The molecule has 0 saturated heterocycles. The van der Waals surface area contributed by atoms with Crippen molar-refractivity contribution in [1.82, 2.24) is 9.38 Å². The Kier molecular flexibility index (Phi) is 3.78. The standard InChI is InChI=1S/C27H18N2O/c1-2-6-19(7-3-1)21-10-13-22(14-11-21)26-25(28-27-29(26)16-17-30-27)24-15-12-20-8-4-5-9-23(20)18-24/h1-18H. The monoisotopic (exact) mass is 386 g/mol. The van der Waals surface area contributed by atoms with Gasteiger partial charge in [-0.15, -0.1) is 0 Å². The van der Waals surface area contributed by atoms with E-state index in [-0.39, 0.29) is 0 Å². The summed E-state index contributed by atoms with van der Waals surface area (Å²) in [6, 6.07) is 33.9. The molecular formula is C27H18N2O. The summed E-state index contributed by atoms with van der Waals surface area (Å²) in [7, 11) is 0. The number of hydrogen-bond acceptors (Lipinski definition) is 2. The third kappa shape index (κ3) is 2.72. The van der Waals surface area contributed by atoms with Crippen molar-refractivity contribution in [2.45, 2.75) is 0 Å². The molecule has 0 aliphatic carbocycles. The first kappa shape index (κ1) is 16.8. The highest BCUT2D eigenvalue weighted by Crippen LogP contribution is 2.35. The number of rotatable bonds is 3. The third-order valence-corrected chi connectivity index (χ3v) is 5.55. The number of benzene rings is 4. The molecule has 0 bridgehead atoms.